The van der Waals surface area contributed by atoms with Crippen molar-refractivity contribution in [3.63, 3.8) is 0 Å². The van der Waals surface area contributed by atoms with Gasteiger partial charge in [-0.2, -0.15) is 0 Å². The van der Waals surface area contributed by atoms with E-state index in [1.807, 2.05) is 0 Å². The van der Waals surface area contributed by atoms with E-state index in [0.29, 0.717) is 51.0 Å². The first-order chi connectivity index (χ1) is 18.7. The van der Waals surface area contributed by atoms with Gasteiger partial charge in [0.05, 0.1) is 31.3 Å². The number of ether oxygens (including phenoxy) is 2. The fourth-order valence-electron chi connectivity index (χ4n) is 4.60. The van der Waals surface area contributed by atoms with Gasteiger partial charge in [0.1, 0.15) is 11.5 Å². The first-order valence-corrected chi connectivity index (χ1v) is 12.1. The molecule has 1 aliphatic heterocycles. The summed E-state index contributed by atoms with van der Waals surface area (Å²) in [4.78, 5) is 27.6. The van der Waals surface area contributed by atoms with Crippen LogP contribution < -0.4 is 30.7 Å². The molecule has 2 amide bonds. The van der Waals surface area contributed by atoms with Crippen molar-refractivity contribution in [1.29, 1.82) is 0 Å². The lowest BCUT2D eigenvalue weighted by Gasteiger charge is -2.32. The number of carbonyl (C=O) groups excluding carboxylic acids is 2. The van der Waals surface area contributed by atoms with E-state index in [1.54, 1.807) is 74.5 Å². The second-order valence-corrected chi connectivity index (χ2v) is 8.81. The van der Waals surface area contributed by atoms with Crippen LogP contribution in [-0.2, 0) is 9.59 Å². The third kappa shape index (κ3) is 5.71. The van der Waals surface area contributed by atoms with E-state index in [2.05, 4.69) is 16.0 Å². The van der Waals surface area contributed by atoms with Gasteiger partial charge < -0.3 is 35.9 Å². The third-order valence-corrected chi connectivity index (χ3v) is 6.41. The van der Waals surface area contributed by atoms with Crippen LogP contribution in [0.25, 0.3) is 0 Å². The van der Waals surface area contributed by atoms with Gasteiger partial charge in [-0.15, -0.1) is 0 Å². The van der Waals surface area contributed by atoms with Crippen LogP contribution in [0.3, 0.4) is 0 Å². The lowest BCUT2D eigenvalue weighted by Crippen LogP contribution is -2.35. The monoisotopic (exact) mass is 529 g/mol. The average Bonchev–Trinajstić information content (AvgIpc) is 2.93. The lowest BCUT2D eigenvalue weighted by molar-refractivity contribution is -0.113. The molecule has 0 saturated carbocycles. The lowest BCUT2D eigenvalue weighted by atomic mass is 9.79. The topological polar surface area (TPSA) is 135 Å². The summed E-state index contributed by atoms with van der Waals surface area (Å²) in [6.45, 7) is 3.51. The van der Waals surface area contributed by atoms with E-state index in [9.17, 15) is 20.0 Å². The van der Waals surface area contributed by atoms with Crippen molar-refractivity contribution in [3.8, 4) is 11.5 Å². The van der Waals surface area contributed by atoms with Crippen molar-refractivity contribution in [1.82, 2.24) is 5.32 Å². The highest BCUT2D eigenvalue weighted by atomic mass is 16.8. The summed E-state index contributed by atoms with van der Waals surface area (Å²) >= 11 is 0. The fraction of sp³-hybridized carbons (Fsp3) is 0.172. The molecule has 0 atom stereocenters. The van der Waals surface area contributed by atoms with Crippen LogP contribution in [0, 0.1) is 5.21 Å². The number of anilines is 3. The van der Waals surface area contributed by atoms with Gasteiger partial charge in [0.25, 0.3) is 11.8 Å². The summed E-state index contributed by atoms with van der Waals surface area (Å²) in [5, 5.41) is 29.4. The molecule has 202 valence electrons. The second-order valence-electron chi connectivity index (χ2n) is 8.81. The Balaban J connectivity index is 1.79. The maximum Gasteiger partial charge on any atom is 0.254 e. The summed E-state index contributed by atoms with van der Waals surface area (Å²) in [5.41, 5.74) is 3.21. The Labute approximate surface area is 226 Å². The van der Waals surface area contributed by atoms with Crippen LogP contribution >= 0.6 is 0 Å². The molecule has 10 heteroatoms. The normalized spacial score (nSPS) is 13.5. The Morgan fingerprint density at radius 2 is 1.23 bits per heavy atom. The van der Waals surface area contributed by atoms with Gasteiger partial charge >= 0.3 is 0 Å². The number of methoxy groups -OCH3 is 2. The molecule has 1 heterocycles. The third-order valence-electron chi connectivity index (χ3n) is 6.41. The number of carbonyl (C=O) groups is 2. The summed E-state index contributed by atoms with van der Waals surface area (Å²) in [6.07, 6.45) is 0. The number of hydrogen-bond acceptors (Lipinski definition) is 8. The van der Waals surface area contributed by atoms with Crippen molar-refractivity contribution < 1.29 is 24.3 Å². The predicted molar refractivity (Wildman–Crippen MR) is 149 cm³/mol. The minimum absolute atomic E-state index is 0.00846. The minimum atomic E-state index is -0.816. The molecule has 0 fully saturated rings. The first-order valence-electron chi connectivity index (χ1n) is 12.1. The number of nitrogens with one attached hydrogen (secondary N) is 3. The molecule has 0 unspecified atom stereocenters. The molecule has 1 aliphatic rings. The number of nitrogens with zero attached hydrogens (tertiary/aromatic N) is 1. The molecule has 0 spiro atoms. The van der Waals surface area contributed by atoms with Crippen molar-refractivity contribution in [3.05, 3.63) is 106 Å². The van der Waals surface area contributed by atoms with Gasteiger partial charge in [-0.25, -0.2) is 0 Å². The fourth-order valence-corrected chi connectivity index (χ4v) is 4.60. The molecule has 0 saturated heterocycles. The Morgan fingerprint density at radius 1 is 0.795 bits per heavy atom. The Kier molecular flexibility index (Phi) is 8.18. The van der Waals surface area contributed by atoms with Gasteiger partial charge in [-0.1, -0.05) is 36.4 Å². The van der Waals surface area contributed by atoms with E-state index < -0.39 is 17.7 Å². The summed E-state index contributed by atoms with van der Waals surface area (Å²) in [5.74, 6) is -0.743. The largest absolute Gasteiger partial charge is 0.733 e. The zero-order chi connectivity index (χ0) is 28.1. The molecular weight excluding hydrogens is 500 g/mol. The highest BCUT2D eigenvalue weighted by Gasteiger charge is 2.37. The first kappa shape index (κ1) is 27.2. The quantitative estimate of drug-likeness (QED) is 0.302. The SMILES string of the molecule is COc1ccccc1NC(=O)C1=C(C)NC(C)=C(C(=O)Nc2ccccc2OC)C1c1ccc(N([O-])O)cc1. The van der Waals surface area contributed by atoms with E-state index in [-0.39, 0.29) is 10.9 Å². The van der Waals surface area contributed by atoms with E-state index >= 15 is 0 Å². The number of rotatable bonds is 8. The van der Waals surface area contributed by atoms with Gasteiger partial charge in [0.2, 0.25) is 0 Å². The molecule has 4 N–H and O–H groups in total. The zero-order valence-corrected chi connectivity index (χ0v) is 21.9. The molecule has 10 nitrogen and oxygen atoms in total. The van der Waals surface area contributed by atoms with Crippen LogP contribution in [0.1, 0.15) is 25.3 Å². The molecular formula is C29H29N4O6-. The second kappa shape index (κ2) is 11.7. The van der Waals surface area contributed by atoms with Crippen molar-refractivity contribution in [2.24, 2.45) is 0 Å². The van der Waals surface area contributed by atoms with Crippen LogP contribution in [0.15, 0.2) is 95.3 Å². The van der Waals surface area contributed by atoms with E-state index in [1.165, 1.54) is 26.4 Å². The maximum absolute atomic E-state index is 13.8. The van der Waals surface area contributed by atoms with Crippen molar-refractivity contribution in [2.75, 3.05) is 30.1 Å². The summed E-state index contributed by atoms with van der Waals surface area (Å²) < 4.78 is 10.8. The Hall–Kier alpha value is -4.80. The Bertz CT molecular complexity index is 1360. The van der Waals surface area contributed by atoms with E-state index in [0.717, 1.165) is 0 Å². The number of hydrogen-bond donors (Lipinski definition) is 4. The van der Waals surface area contributed by atoms with Crippen LogP contribution in [0.5, 0.6) is 11.5 Å². The molecule has 39 heavy (non-hydrogen) atoms. The van der Waals surface area contributed by atoms with Crippen LogP contribution in [0.2, 0.25) is 0 Å². The van der Waals surface area contributed by atoms with E-state index in [4.69, 9.17) is 9.47 Å². The number of benzene rings is 3. The Morgan fingerprint density at radius 3 is 1.64 bits per heavy atom. The number of dihydropyridines is 1. The molecule has 3 aromatic carbocycles. The van der Waals surface area contributed by atoms with Gasteiger partial charge in [0.15, 0.2) is 0 Å². The molecule has 0 aromatic heterocycles. The van der Waals surface area contributed by atoms with Gasteiger partial charge in [-0.05, 0) is 55.8 Å². The zero-order valence-electron chi connectivity index (χ0n) is 21.9. The minimum Gasteiger partial charge on any atom is -0.733 e. The molecule has 4 rings (SSSR count). The smallest absolute Gasteiger partial charge is 0.254 e. The number of para-hydroxylation sites is 4. The van der Waals surface area contributed by atoms with Crippen molar-refractivity contribution in [2.45, 2.75) is 19.8 Å². The molecule has 3 aromatic rings. The number of amides is 2. The van der Waals surface area contributed by atoms with Crippen molar-refractivity contribution >= 4 is 28.9 Å². The summed E-state index contributed by atoms with van der Waals surface area (Å²) in [7, 11) is 3.02. The highest BCUT2D eigenvalue weighted by Crippen LogP contribution is 2.40. The number of allylic oxidation sites excluding steroid dienone is 2. The van der Waals surface area contributed by atoms with Gasteiger partial charge in [-0.3, -0.25) is 14.8 Å². The van der Waals surface area contributed by atoms with Crippen LogP contribution in [0.4, 0.5) is 17.1 Å². The summed E-state index contributed by atoms with van der Waals surface area (Å²) in [6, 6.07) is 20.0. The standard InChI is InChI=1S/C29H29N4O6/c1-17-25(28(34)31-21-9-5-7-11-23(21)38-3)27(19-13-15-20(16-14-19)33(36)37)26(18(2)30-17)29(35)32-22-10-6-8-12-24(22)39-4/h5-16,27,30,36H,1-4H3,(H,31,34)(H,32,35)/q-1. The average molecular weight is 530 g/mol. The molecule has 0 radical (unpaired) electrons. The maximum atomic E-state index is 13.8. The molecule has 0 bridgehead atoms. The van der Waals surface area contributed by atoms with Gasteiger partial charge in [0, 0.05) is 28.5 Å². The predicted octanol–water partition coefficient (Wildman–Crippen LogP) is 4.91. The van der Waals surface area contributed by atoms with Crippen LogP contribution in [-0.4, -0.2) is 31.2 Å². The highest BCUT2D eigenvalue weighted by molar-refractivity contribution is 6.12. The molecule has 0 aliphatic carbocycles.